The van der Waals surface area contributed by atoms with Crippen molar-refractivity contribution >= 4 is 107 Å². The van der Waals surface area contributed by atoms with Gasteiger partial charge in [0.25, 0.3) is 13.4 Å². The third kappa shape index (κ3) is 8.44. The van der Waals surface area contributed by atoms with Gasteiger partial charge in [0.15, 0.2) is 0 Å². The predicted molar refractivity (Wildman–Crippen MR) is 390 cm³/mol. The Morgan fingerprint density at radius 2 is 0.777 bits per heavy atom. The van der Waals surface area contributed by atoms with Gasteiger partial charge < -0.3 is 28.2 Å². The Hall–Kier alpha value is -10.9. The molecule has 0 N–H and O–H groups in total. The molecular formula is C85H66B2N4O3. The van der Waals surface area contributed by atoms with E-state index in [1.807, 2.05) is 12.1 Å². The first-order valence-corrected chi connectivity index (χ1v) is 32.8. The van der Waals surface area contributed by atoms with E-state index in [0.29, 0.717) is 5.56 Å². The largest absolute Gasteiger partial charge is 0.458 e. The van der Waals surface area contributed by atoms with Crippen LogP contribution in [0.3, 0.4) is 0 Å². The van der Waals surface area contributed by atoms with Crippen LogP contribution in [0, 0.1) is 11.3 Å². The van der Waals surface area contributed by atoms with Gasteiger partial charge in [-0.3, -0.25) is 0 Å². The molecule has 0 aliphatic carbocycles. The maximum atomic E-state index is 10.3. The molecule has 94 heavy (non-hydrogen) atoms. The maximum absolute atomic E-state index is 10.3. The lowest BCUT2D eigenvalue weighted by atomic mass is 9.34. The minimum absolute atomic E-state index is 0.0498. The first kappa shape index (κ1) is 55.9. The highest BCUT2D eigenvalue weighted by Gasteiger charge is 2.45. The summed E-state index contributed by atoms with van der Waals surface area (Å²) in [6.07, 6.45) is 0. The van der Waals surface area contributed by atoms with Crippen LogP contribution in [0.1, 0.15) is 84.6 Å². The van der Waals surface area contributed by atoms with Gasteiger partial charge in [-0.2, -0.15) is 5.26 Å². The number of para-hydroxylation sites is 3. The molecule has 4 aliphatic rings. The maximum Gasteiger partial charge on any atom is 0.260 e. The Labute approximate surface area is 548 Å². The first-order chi connectivity index (χ1) is 45.4. The van der Waals surface area contributed by atoms with Crippen LogP contribution in [0.15, 0.2) is 237 Å². The molecule has 14 aromatic rings. The highest BCUT2D eigenvalue weighted by atomic mass is 16.5. The highest BCUT2D eigenvalue weighted by molar-refractivity contribution is 6.99. The van der Waals surface area contributed by atoms with Crippen molar-refractivity contribution in [1.82, 2.24) is 9.13 Å². The van der Waals surface area contributed by atoms with Gasteiger partial charge in [0.1, 0.15) is 34.5 Å². The molecule has 0 radical (unpaired) electrons. The topological polar surface area (TPSA) is 64.6 Å². The van der Waals surface area contributed by atoms with Gasteiger partial charge >= 0.3 is 0 Å². The van der Waals surface area contributed by atoms with Crippen molar-refractivity contribution in [2.24, 2.45) is 0 Å². The Morgan fingerprint density at radius 3 is 1.34 bits per heavy atom. The number of benzene rings is 12. The number of ether oxygens (including phenoxy) is 3. The molecule has 7 nitrogen and oxygen atoms in total. The summed E-state index contributed by atoms with van der Waals surface area (Å²) in [5, 5.41) is 14.9. The second-order valence-corrected chi connectivity index (χ2v) is 29.2. The summed E-state index contributed by atoms with van der Waals surface area (Å²) in [5.41, 5.74) is 24.5. The van der Waals surface area contributed by atoms with E-state index in [4.69, 9.17) is 14.2 Å². The minimum Gasteiger partial charge on any atom is -0.458 e. The smallest absolute Gasteiger partial charge is 0.260 e. The molecule has 4 aliphatic heterocycles. The average Bonchev–Trinajstić information content (AvgIpc) is 0.731. The zero-order valence-corrected chi connectivity index (χ0v) is 54.2. The van der Waals surface area contributed by atoms with Gasteiger partial charge in [-0.15, -0.1) is 0 Å². The Bertz CT molecular complexity index is 5510. The fraction of sp³-hybridized carbons (Fsp3) is 0.141. The molecule has 2 aromatic heterocycles. The van der Waals surface area contributed by atoms with Crippen molar-refractivity contribution in [1.29, 1.82) is 5.26 Å². The number of hydrogen-bond acceptors (Lipinski definition) is 5. The Kier molecular flexibility index (Phi) is 11.9. The van der Waals surface area contributed by atoms with Gasteiger partial charge in [0.05, 0.1) is 39.4 Å². The molecule has 450 valence electrons. The van der Waals surface area contributed by atoms with E-state index in [1.165, 1.54) is 27.5 Å². The number of fused-ring (bicyclic) bond motifs is 14. The quantitative estimate of drug-likeness (QED) is 0.161. The van der Waals surface area contributed by atoms with Crippen molar-refractivity contribution in [3.05, 3.63) is 259 Å². The number of anilines is 3. The molecule has 0 fully saturated rings. The second-order valence-electron chi connectivity index (χ2n) is 29.2. The standard InChI is InChI=1S/C85H66B2N4O3/c1-83(2,3)54-28-36-70-61(44-54)60-39-50(49-88)27-35-69(60)90(70)58-32-34-67-77(48-58)94-78-41-52(53-42-79-82-80(43-53)93-76-26-18-15-23-66(76)87(82)65-22-14-17-25-75(65)92-79)40-74-81(78)86(67)64-33-31-57(47-73(64)91(74)68-24-16-13-21-59(68)51-19-11-10-12-20-51)89-71-37-29-55(84(4,5)6)45-62(71)63-46-56(85(7,8)9)30-38-72(63)89/h10-48H,1-9H3. The molecule has 0 spiro atoms. The summed E-state index contributed by atoms with van der Waals surface area (Å²) in [6, 6.07) is 89.0. The number of aromatic nitrogens is 2. The van der Waals surface area contributed by atoms with Gasteiger partial charge in [-0.25, -0.2) is 0 Å². The zero-order chi connectivity index (χ0) is 63.8. The van der Waals surface area contributed by atoms with Crippen LogP contribution >= 0.6 is 0 Å². The number of hydrogen-bond donors (Lipinski definition) is 0. The van der Waals surface area contributed by atoms with Crippen molar-refractivity contribution in [3.8, 4) is 74.2 Å². The lowest BCUT2D eigenvalue weighted by molar-refractivity contribution is 0.465. The summed E-state index contributed by atoms with van der Waals surface area (Å²) in [4.78, 5) is 2.52. The van der Waals surface area contributed by atoms with E-state index in [2.05, 4.69) is 307 Å². The Balaban J connectivity index is 0.910. The lowest BCUT2D eigenvalue weighted by Gasteiger charge is -2.41. The monoisotopic (exact) mass is 1210 g/mol. The van der Waals surface area contributed by atoms with Crippen LogP contribution < -0.4 is 51.9 Å². The summed E-state index contributed by atoms with van der Waals surface area (Å²) < 4.78 is 26.5. The van der Waals surface area contributed by atoms with Crippen molar-refractivity contribution in [3.63, 3.8) is 0 Å². The molecule has 0 atom stereocenters. The number of nitrogens with zero attached hydrogens (tertiary/aromatic N) is 4. The van der Waals surface area contributed by atoms with Gasteiger partial charge in [0, 0.05) is 61.4 Å². The van der Waals surface area contributed by atoms with E-state index in [9.17, 15) is 5.26 Å². The number of rotatable bonds is 5. The summed E-state index contributed by atoms with van der Waals surface area (Å²) >= 11 is 0. The second kappa shape index (κ2) is 20.0. The predicted octanol–water partition coefficient (Wildman–Crippen LogP) is 18.1. The third-order valence-corrected chi connectivity index (χ3v) is 20.4. The van der Waals surface area contributed by atoms with Crippen LogP contribution in [-0.4, -0.2) is 22.6 Å². The number of nitriles is 1. The fourth-order valence-electron chi connectivity index (χ4n) is 15.6. The normalized spacial score (nSPS) is 13.6. The van der Waals surface area contributed by atoms with Crippen LogP contribution in [0.4, 0.5) is 17.1 Å². The molecule has 9 heteroatoms. The lowest BCUT2D eigenvalue weighted by Crippen LogP contribution is -2.59. The zero-order valence-electron chi connectivity index (χ0n) is 54.2. The molecule has 0 saturated carbocycles. The highest BCUT2D eigenvalue weighted by Crippen LogP contribution is 2.49. The van der Waals surface area contributed by atoms with Crippen LogP contribution in [-0.2, 0) is 16.2 Å². The van der Waals surface area contributed by atoms with Gasteiger partial charge in [-0.05, 0) is 192 Å². The summed E-state index contributed by atoms with van der Waals surface area (Å²) in [6.45, 7) is 20.3. The molecule has 0 unspecified atom stereocenters. The molecule has 12 aromatic carbocycles. The molecule has 6 heterocycles. The van der Waals surface area contributed by atoms with E-state index in [0.717, 1.165) is 151 Å². The molecule has 18 rings (SSSR count). The van der Waals surface area contributed by atoms with Crippen molar-refractivity contribution < 1.29 is 14.2 Å². The fourth-order valence-corrected chi connectivity index (χ4v) is 15.6. The van der Waals surface area contributed by atoms with E-state index >= 15 is 0 Å². The van der Waals surface area contributed by atoms with Gasteiger partial charge in [-0.1, -0.05) is 178 Å². The Morgan fingerprint density at radius 1 is 0.330 bits per heavy atom. The van der Waals surface area contributed by atoms with E-state index in [-0.39, 0.29) is 29.7 Å². The van der Waals surface area contributed by atoms with Crippen molar-refractivity contribution in [2.45, 2.75) is 78.6 Å². The van der Waals surface area contributed by atoms with Crippen LogP contribution in [0.5, 0.6) is 34.5 Å². The SMILES string of the molecule is CC(C)(C)c1ccc2c(c1)c1cc(C#N)ccc1n2-c1ccc2c(c1)Oc1cc(-c3cc4c5c(c3)Oc3ccccc3B5c3ccccc3O4)cc3c1B2c1ccc(-n2c4ccc(C(C)(C)C)cc4c4cc(C(C)(C)C)ccc42)cc1N3c1ccccc1-c1ccccc1. The average molecular weight is 1210 g/mol. The van der Waals surface area contributed by atoms with Crippen LogP contribution in [0.25, 0.3) is 77.2 Å². The summed E-state index contributed by atoms with van der Waals surface area (Å²) in [5.74, 6) is 4.76. The molecule has 0 saturated heterocycles. The van der Waals surface area contributed by atoms with Crippen LogP contribution in [0.2, 0.25) is 0 Å². The third-order valence-electron chi connectivity index (χ3n) is 20.4. The molecule has 0 bridgehead atoms. The first-order valence-electron chi connectivity index (χ1n) is 32.8. The minimum atomic E-state index is -0.251. The molecule has 0 amide bonds. The summed E-state index contributed by atoms with van der Waals surface area (Å²) in [7, 11) is 0. The van der Waals surface area contributed by atoms with E-state index in [1.54, 1.807) is 0 Å². The van der Waals surface area contributed by atoms with Crippen molar-refractivity contribution in [2.75, 3.05) is 4.90 Å². The van der Waals surface area contributed by atoms with Gasteiger partial charge in [0.2, 0.25) is 0 Å². The molecular weight excluding hydrogens is 1150 g/mol. The van der Waals surface area contributed by atoms with E-state index < -0.39 is 0 Å².